The minimum Gasteiger partial charge on any atom is -0.508 e. The molecular weight excluding hydrogens is 480 g/mol. The van der Waals surface area contributed by atoms with Gasteiger partial charge in [-0.15, -0.1) is 0 Å². The summed E-state index contributed by atoms with van der Waals surface area (Å²) in [5.41, 5.74) is 6.00. The van der Waals surface area contributed by atoms with Crippen LogP contribution in [0.15, 0.2) is 91.0 Å². The molecule has 3 aromatic rings. The molecule has 0 saturated carbocycles. The van der Waals surface area contributed by atoms with Crippen LogP contribution in [0.4, 0.5) is 0 Å². The Bertz CT molecular complexity index is 1330. The van der Waals surface area contributed by atoms with Crippen molar-refractivity contribution in [3.05, 3.63) is 114 Å². The van der Waals surface area contributed by atoms with Crippen LogP contribution in [-0.4, -0.2) is 33.1 Å². The quantitative estimate of drug-likeness (QED) is 0.275. The molecule has 1 N–H and O–H groups in total. The van der Waals surface area contributed by atoms with Crippen molar-refractivity contribution >= 4 is 11.5 Å². The number of carbonyl (C=O) groups is 1. The van der Waals surface area contributed by atoms with Crippen LogP contribution < -0.4 is 0 Å². The Morgan fingerprint density at radius 2 is 1.79 bits per heavy atom. The normalized spacial score (nSPS) is 14.5. The van der Waals surface area contributed by atoms with E-state index in [1.165, 1.54) is 0 Å². The fraction of sp³-hybridized carbons (Fsp3) is 0.343. The summed E-state index contributed by atoms with van der Waals surface area (Å²) >= 11 is 0. The topological polar surface area (TPSA) is 45.5 Å². The number of allylic oxidation sites excluding steroid dienone is 6. The lowest BCUT2D eigenvalue weighted by molar-refractivity contribution is 0.0650. The number of benzene rings is 2. The van der Waals surface area contributed by atoms with Crippen LogP contribution in [0.1, 0.15) is 73.8 Å². The highest BCUT2D eigenvalue weighted by Crippen LogP contribution is 2.32. The van der Waals surface area contributed by atoms with Crippen molar-refractivity contribution in [3.63, 3.8) is 0 Å². The summed E-state index contributed by atoms with van der Waals surface area (Å²) in [5, 5.41) is 9.82. The number of aromatic nitrogens is 1. The summed E-state index contributed by atoms with van der Waals surface area (Å²) in [4.78, 5) is 16.8. The van der Waals surface area contributed by atoms with Crippen molar-refractivity contribution in [2.24, 2.45) is 5.92 Å². The zero-order chi connectivity index (χ0) is 27.8. The van der Waals surface area contributed by atoms with Gasteiger partial charge in [0.25, 0.3) is 5.91 Å². The smallest absolute Gasteiger partial charge is 0.256 e. The molecule has 4 nitrogen and oxygen atoms in total. The zero-order valence-corrected chi connectivity index (χ0v) is 23.8. The molecule has 1 heterocycles. The lowest BCUT2D eigenvalue weighted by atomic mass is 9.92. The van der Waals surface area contributed by atoms with Crippen LogP contribution in [0.3, 0.4) is 0 Å². The lowest BCUT2D eigenvalue weighted by Crippen LogP contribution is -2.43. The predicted octanol–water partition coefficient (Wildman–Crippen LogP) is 8.29. The molecule has 1 unspecified atom stereocenters. The Balaban J connectivity index is 1.82. The van der Waals surface area contributed by atoms with Gasteiger partial charge in [0.2, 0.25) is 0 Å². The molecule has 0 spiro atoms. The van der Waals surface area contributed by atoms with Crippen LogP contribution >= 0.6 is 0 Å². The first-order valence-corrected chi connectivity index (χ1v) is 14.3. The number of aromatic hydroxyl groups is 1. The average Bonchev–Trinajstić information content (AvgIpc) is 3.10. The Kier molecular flexibility index (Phi) is 9.64. The van der Waals surface area contributed by atoms with E-state index >= 15 is 0 Å². The van der Waals surface area contributed by atoms with E-state index in [1.807, 2.05) is 30.3 Å². The fourth-order valence-electron chi connectivity index (χ4n) is 5.45. The second kappa shape index (κ2) is 13.3. The maximum atomic E-state index is 14.6. The lowest BCUT2D eigenvalue weighted by Gasteiger charge is -2.34. The van der Waals surface area contributed by atoms with E-state index in [0.717, 1.165) is 65.9 Å². The molecular formula is C35H42N2O2. The Hall–Kier alpha value is -3.79. The van der Waals surface area contributed by atoms with E-state index in [0.29, 0.717) is 12.5 Å². The molecule has 1 amide bonds. The Morgan fingerprint density at radius 3 is 2.49 bits per heavy atom. The summed E-state index contributed by atoms with van der Waals surface area (Å²) in [5.74, 6) is 0.844. The standard InChI is InChI=1S/C35H42N2O2/c1-5-22-36(31(23-26(3)6-2)25-28-18-20-32(38)21-19-28)35(39)33-24-27(4)37(30-16-12-9-13-17-30)34(33)29-14-10-7-8-11-15-29/h7-10,12-21,24,26,31,38H,5-6,11,22-23,25H2,1-4H3/t26-,31?/m1/s1. The number of amides is 1. The van der Waals surface area contributed by atoms with Crippen molar-refractivity contribution in [1.29, 1.82) is 0 Å². The van der Waals surface area contributed by atoms with Crippen molar-refractivity contribution in [2.45, 2.75) is 65.8 Å². The number of nitrogens with zero attached hydrogens (tertiary/aromatic N) is 2. The number of hydrogen-bond donors (Lipinski definition) is 1. The maximum absolute atomic E-state index is 14.6. The Labute approximate surface area is 234 Å². The highest BCUT2D eigenvalue weighted by Gasteiger charge is 2.30. The number of carbonyl (C=O) groups excluding carboxylic acids is 1. The SMILES string of the molecule is CCCN(C(=O)c1cc(C)n(-c2ccccc2)c1C1=CCC=CC=C1)C(Cc1ccc(O)cc1)C[C@H](C)CC. The number of aryl methyl sites for hydroxylation is 1. The minimum atomic E-state index is 0.0606. The number of phenolic OH excluding ortho intramolecular Hbond substituents is 1. The van der Waals surface area contributed by atoms with Gasteiger partial charge in [0.05, 0.1) is 11.3 Å². The summed E-state index contributed by atoms with van der Waals surface area (Å²) in [6, 6.07) is 19.9. The first-order valence-electron chi connectivity index (χ1n) is 14.3. The van der Waals surface area contributed by atoms with Gasteiger partial charge in [-0.3, -0.25) is 4.79 Å². The maximum Gasteiger partial charge on any atom is 0.256 e. The van der Waals surface area contributed by atoms with Crippen LogP contribution in [0.25, 0.3) is 11.3 Å². The van der Waals surface area contributed by atoms with E-state index in [9.17, 15) is 9.90 Å². The summed E-state index contributed by atoms with van der Waals surface area (Å²) in [6.45, 7) is 9.42. The molecule has 0 fully saturated rings. The van der Waals surface area contributed by atoms with Gasteiger partial charge >= 0.3 is 0 Å². The van der Waals surface area contributed by atoms with Gasteiger partial charge in [-0.25, -0.2) is 0 Å². The Morgan fingerprint density at radius 1 is 1.05 bits per heavy atom. The fourth-order valence-corrected chi connectivity index (χ4v) is 5.45. The molecule has 4 heteroatoms. The van der Waals surface area contributed by atoms with Crippen LogP contribution in [0, 0.1) is 12.8 Å². The first-order chi connectivity index (χ1) is 18.9. The van der Waals surface area contributed by atoms with E-state index in [1.54, 1.807) is 12.1 Å². The third-order valence-electron chi connectivity index (χ3n) is 7.64. The van der Waals surface area contributed by atoms with Crippen molar-refractivity contribution < 1.29 is 9.90 Å². The second-order valence-electron chi connectivity index (χ2n) is 10.7. The van der Waals surface area contributed by atoms with Crippen LogP contribution in [0.2, 0.25) is 0 Å². The minimum absolute atomic E-state index is 0.0606. The highest BCUT2D eigenvalue weighted by molar-refractivity contribution is 6.01. The van der Waals surface area contributed by atoms with Crippen molar-refractivity contribution in [1.82, 2.24) is 9.47 Å². The molecule has 1 aliphatic rings. The van der Waals surface area contributed by atoms with Gasteiger partial charge in [-0.05, 0) is 80.0 Å². The third-order valence-corrected chi connectivity index (χ3v) is 7.64. The molecule has 2 atom stereocenters. The average molecular weight is 523 g/mol. The van der Waals surface area contributed by atoms with Crippen LogP contribution in [-0.2, 0) is 6.42 Å². The summed E-state index contributed by atoms with van der Waals surface area (Å²) in [7, 11) is 0. The van der Waals surface area contributed by atoms with Crippen molar-refractivity contribution in [2.75, 3.05) is 6.54 Å². The highest BCUT2D eigenvalue weighted by atomic mass is 16.3. The molecule has 0 saturated heterocycles. The van der Waals surface area contributed by atoms with Gasteiger partial charge < -0.3 is 14.6 Å². The number of para-hydroxylation sites is 1. The largest absolute Gasteiger partial charge is 0.508 e. The number of phenols is 1. The van der Waals surface area contributed by atoms with Gasteiger partial charge in [-0.2, -0.15) is 0 Å². The predicted molar refractivity (Wildman–Crippen MR) is 162 cm³/mol. The molecule has 0 radical (unpaired) electrons. The molecule has 39 heavy (non-hydrogen) atoms. The van der Waals surface area contributed by atoms with Crippen LogP contribution in [0.5, 0.6) is 5.75 Å². The molecule has 1 aromatic heterocycles. The molecule has 1 aliphatic carbocycles. The third kappa shape index (κ3) is 6.81. The van der Waals surface area contributed by atoms with Gasteiger partial charge in [0, 0.05) is 24.0 Å². The monoisotopic (exact) mass is 522 g/mol. The summed E-state index contributed by atoms with van der Waals surface area (Å²) in [6.07, 6.45) is 15.1. The van der Waals surface area contributed by atoms with Gasteiger partial charge in [0.1, 0.15) is 5.75 Å². The molecule has 4 rings (SSSR count). The van der Waals surface area contributed by atoms with Crippen molar-refractivity contribution in [3.8, 4) is 11.4 Å². The second-order valence-corrected chi connectivity index (χ2v) is 10.7. The first kappa shape index (κ1) is 28.2. The van der Waals surface area contributed by atoms with Gasteiger partial charge in [0.15, 0.2) is 0 Å². The van der Waals surface area contributed by atoms with E-state index in [4.69, 9.17) is 0 Å². The molecule has 0 aliphatic heterocycles. The molecule has 0 bridgehead atoms. The van der Waals surface area contributed by atoms with E-state index in [-0.39, 0.29) is 17.7 Å². The molecule has 204 valence electrons. The molecule has 2 aromatic carbocycles. The van der Waals surface area contributed by atoms with E-state index in [2.05, 4.69) is 85.7 Å². The number of hydrogen-bond acceptors (Lipinski definition) is 2. The van der Waals surface area contributed by atoms with Gasteiger partial charge in [-0.1, -0.05) is 87.9 Å². The summed E-state index contributed by atoms with van der Waals surface area (Å²) < 4.78 is 2.22. The van der Waals surface area contributed by atoms with E-state index < -0.39 is 0 Å². The number of rotatable bonds is 11. The zero-order valence-electron chi connectivity index (χ0n) is 23.8.